The minimum absolute atomic E-state index is 0.165. The van der Waals surface area contributed by atoms with E-state index >= 15 is 0 Å². The van der Waals surface area contributed by atoms with E-state index in [1.165, 1.54) is 0 Å². The van der Waals surface area contributed by atoms with Crippen molar-refractivity contribution in [3.8, 4) is 0 Å². The number of carboxylic acids is 1. The monoisotopic (exact) mass is 273 g/mol. The van der Waals surface area contributed by atoms with Crippen LogP contribution in [0, 0.1) is 5.92 Å². The summed E-state index contributed by atoms with van der Waals surface area (Å²) in [5.74, 6) is -1.91. The van der Waals surface area contributed by atoms with E-state index < -0.39 is 30.0 Å². The number of urea groups is 1. The SMILES string of the molecule is CCCC[C@H](NC(=O)NC(C(N)=O)C(C)C)C(=O)O. The first kappa shape index (κ1) is 17.2. The third-order valence-corrected chi connectivity index (χ3v) is 2.71. The van der Waals surface area contributed by atoms with Crippen molar-refractivity contribution in [3.05, 3.63) is 0 Å². The third-order valence-electron chi connectivity index (χ3n) is 2.71. The zero-order valence-corrected chi connectivity index (χ0v) is 11.6. The molecule has 0 aromatic rings. The first-order valence-corrected chi connectivity index (χ1v) is 6.38. The predicted octanol–water partition coefficient (Wildman–Crippen LogP) is 0.439. The minimum Gasteiger partial charge on any atom is -0.480 e. The molecule has 0 aliphatic carbocycles. The van der Waals surface area contributed by atoms with Crippen LogP contribution in [0.5, 0.6) is 0 Å². The van der Waals surface area contributed by atoms with Gasteiger partial charge < -0.3 is 21.5 Å². The maximum atomic E-state index is 11.6. The van der Waals surface area contributed by atoms with Gasteiger partial charge in [-0.2, -0.15) is 0 Å². The number of primary amides is 1. The molecule has 0 aromatic heterocycles. The molecular formula is C12H23N3O4. The van der Waals surface area contributed by atoms with Gasteiger partial charge in [0.25, 0.3) is 0 Å². The molecule has 0 aromatic carbocycles. The molecule has 7 heteroatoms. The predicted molar refractivity (Wildman–Crippen MR) is 70.4 cm³/mol. The molecule has 0 fully saturated rings. The van der Waals surface area contributed by atoms with Gasteiger partial charge in [-0.1, -0.05) is 33.6 Å². The standard InChI is InChI=1S/C12H23N3O4/c1-4-5-6-8(11(17)18)14-12(19)15-9(7(2)3)10(13)16/h7-9H,4-6H2,1-3H3,(H2,13,16)(H,17,18)(H2,14,15,19)/t8-,9?/m0/s1. The molecular weight excluding hydrogens is 250 g/mol. The van der Waals surface area contributed by atoms with Crippen molar-refractivity contribution in [3.63, 3.8) is 0 Å². The van der Waals surface area contributed by atoms with Crippen LogP contribution in [0.15, 0.2) is 0 Å². The van der Waals surface area contributed by atoms with Crippen molar-refractivity contribution in [1.82, 2.24) is 10.6 Å². The van der Waals surface area contributed by atoms with E-state index in [1.54, 1.807) is 13.8 Å². The zero-order chi connectivity index (χ0) is 15.0. The van der Waals surface area contributed by atoms with Gasteiger partial charge in [-0.3, -0.25) is 4.79 Å². The number of nitrogens with one attached hydrogen (secondary N) is 2. The van der Waals surface area contributed by atoms with Gasteiger partial charge in [-0.25, -0.2) is 9.59 Å². The molecule has 0 saturated carbocycles. The average molecular weight is 273 g/mol. The number of amides is 3. The van der Waals surface area contributed by atoms with Crippen LogP contribution in [0.4, 0.5) is 4.79 Å². The Balaban J connectivity index is 4.47. The molecule has 2 atom stereocenters. The maximum absolute atomic E-state index is 11.6. The Morgan fingerprint density at radius 2 is 1.79 bits per heavy atom. The van der Waals surface area contributed by atoms with Crippen molar-refractivity contribution in [1.29, 1.82) is 0 Å². The molecule has 0 bridgehead atoms. The molecule has 5 N–H and O–H groups in total. The molecule has 0 aliphatic heterocycles. The number of carbonyl (C=O) groups is 3. The highest BCUT2D eigenvalue weighted by atomic mass is 16.4. The van der Waals surface area contributed by atoms with Crippen molar-refractivity contribution in [2.45, 2.75) is 52.1 Å². The zero-order valence-electron chi connectivity index (χ0n) is 11.6. The number of carbonyl (C=O) groups excluding carboxylic acids is 2. The number of carboxylic acid groups (broad SMARTS) is 1. The molecule has 1 unspecified atom stereocenters. The smallest absolute Gasteiger partial charge is 0.326 e. The lowest BCUT2D eigenvalue weighted by molar-refractivity contribution is -0.139. The van der Waals surface area contributed by atoms with Gasteiger partial charge >= 0.3 is 12.0 Å². The Bertz CT molecular complexity index is 331. The molecule has 0 heterocycles. The van der Waals surface area contributed by atoms with E-state index in [0.717, 1.165) is 6.42 Å². The topological polar surface area (TPSA) is 122 Å². The van der Waals surface area contributed by atoms with Crippen molar-refractivity contribution in [2.24, 2.45) is 11.7 Å². The number of unbranched alkanes of at least 4 members (excludes halogenated alkanes) is 1. The number of rotatable bonds is 8. The highest BCUT2D eigenvalue weighted by molar-refractivity contribution is 5.88. The van der Waals surface area contributed by atoms with Gasteiger partial charge in [0.05, 0.1) is 0 Å². The van der Waals surface area contributed by atoms with Gasteiger partial charge in [-0.15, -0.1) is 0 Å². The lowest BCUT2D eigenvalue weighted by atomic mass is 10.0. The van der Waals surface area contributed by atoms with Gasteiger partial charge in [0.2, 0.25) is 5.91 Å². The van der Waals surface area contributed by atoms with Crippen molar-refractivity contribution < 1.29 is 19.5 Å². The summed E-state index contributed by atoms with van der Waals surface area (Å²) in [5, 5.41) is 13.7. The van der Waals surface area contributed by atoms with E-state index in [0.29, 0.717) is 12.8 Å². The normalized spacial score (nSPS) is 13.7. The molecule has 19 heavy (non-hydrogen) atoms. The summed E-state index contributed by atoms with van der Waals surface area (Å²) in [6.45, 7) is 5.41. The van der Waals surface area contributed by atoms with Crippen LogP contribution in [-0.4, -0.2) is 35.1 Å². The molecule has 3 amide bonds. The fourth-order valence-corrected chi connectivity index (χ4v) is 1.57. The first-order chi connectivity index (χ1) is 8.79. The maximum Gasteiger partial charge on any atom is 0.326 e. The minimum atomic E-state index is -1.09. The van der Waals surface area contributed by atoms with Crippen LogP contribution in [0.1, 0.15) is 40.0 Å². The second-order valence-electron chi connectivity index (χ2n) is 4.77. The summed E-state index contributed by atoms with van der Waals surface area (Å²) in [7, 11) is 0. The Morgan fingerprint density at radius 1 is 1.21 bits per heavy atom. The summed E-state index contributed by atoms with van der Waals surface area (Å²) < 4.78 is 0. The van der Waals surface area contributed by atoms with E-state index in [9.17, 15) is 14.4 Å². The Hall–Kier alpha value is -1.79. The van der Waals surface area contributed by atoms with Gasteiger partial charge in [0.1, 0.15) is 12.1 Å². The van der Waals surface area contributed by atoms with E-state index in [1.807, 2.05) is 6.92 Å². The fraction of sp³-hybridized carbons (Fsp3) is 0.750. The van der Waals surface area contributed by atoms with Crippen LogP contribution in [0.2, 0.25) is 0 Å². The molecule has 0 saturated heterocycles. The van der Waals surface area contributed by atoms with Crippen molar-refractivity contribution >= 4 is 17.9 Å². The van der Waals surface area contributed by atoms with Gasteiger partial charge in [-0.05, 0) is 12.3 Å². The number of hydrogen-bond donors (Lipinski definition) is 4. The second-order valence-corrected chi connectivity index (χ2v) is 4.77. The van der Waals surface area contributed by atoms with Gasteiger partial charge in [0.15, 0.2) is 0 Å². The molecule has 0 aliphatic rings. The third kappa shape index (κ3) is 6.64. The van der Waals surface area contributed by atoms with E-state index in [4.69, 9.17) is 10.8 Å². The van der Waals surface area contributed by atoms with Crippen LogP contribution < -0.4 is 16.4 Å². The highest BCUT2D eigenvalue weighted by Gasteiger charge is 2.24. The molecule has 7 nitrogen and oxygen atoms in total. The number of hydrogen-bond acceptors (Lipinski definition) is 3. The summed E-state index contributed by atoms with van der Waals surface area (Å²) in [5.41, 5.74) is 5.16. The Labute approximate surface area is 112 Å². The fourth-order valence-electron chi connectivity index (χ4n) is 1.57. The Morgan fingerprint density at radius 3 is 2.16 bits per heavy atom. The molecule has 0 radical (unpaired) electrons. The molecule has 0 rings (SSSR count). The summed E-state index contributed by atoms with van der Waals surface area (Å²) in [4.78, 5) is 33.7. The van der Waals surface area contributed by atoms with E-state index in [-0.39, 0.29) is 5.92 Å². The summed E-state index contributed by atoms with van der Waals surface area (Å²) in [6.07, 6.45) is 1.88. The van der Waals surface area contributed by atoms with Crippen molar-refractivity contribution in [2.75, 3.05) is 0 Å². The number of aliphatic carboxylic acids is 1. The quantitative estimate of drug-likeness (QED) is 0.512. The first-order valence-electron chi connectivity index (χ1n) is 6.38. The van der Waals surface area contributed by atoms with Crippen LogP contribution >= 0.6 is 0 Å². The second kappa shape index (κ2) is 8.34. The number of nitrogens with two attached hydrogens (primary N) is 1. The molecule has 110 valence electrons. The van der Waals surface area contributed by atoms with E-state index in [2.05, 4.69) is 10.6 Å². The van der Waals surface area contributed by atoms with Crippen LogP contribution in [0.3, 0.4) is 0 Å². The lowest BCUT2D eigenvalue weighted by Crippen LogP contribution is -2.54. The Kier molecular flexibility index (Phi) is 7.55. The van der Waals surface area contributed by atoms with Gasteiger partial charge in [0, 0.05) is 0 Å². The lowest BCUT2D eigenvalue weighted by Gasteiger charge is -2.21. The molecule has 0 spiro atoms. The average Bonchev–Trinajstić information content (AvgIpc) is 2.30. The largest absolute Gasteiger partial charge is 0.480 e. The summed E-state index contributed by atoms with van der Waals surface area (Å²) >= 11 is 0. The van der Waals surface area contributed by atoms with Crippen LogP contribution in [0.25, 0.3) is 0 Å². The van der Waals surface area contributed by atoms with Crippen LogP contribution in [-0.2, 0) is 9.59 Å². The highest BCUT2D eigenvalue weighted by Crippen LogP contribution is 2.03. The summed E-state index contributed by atoms with van der Waals surface area (Å²) in [6, 6.07) is -2.47.